The molecule has 0 amide bonds. The highest BCUT2D eigenvalue weighted by Gasteiger charge is 2.13. The second-order valence-electron chi connectivity index (χ2n) is 5.76. The number of pyridine rings is 1. The zero-order valence-electron chi connectivity index (χ0n) is 13.4. The van der Waals surface area contributed by atoms with Crippen molar-refractivity contribution in [3.05, 3.63) is 47.7 Å². The maximum atomic E-state index is 5.95. The van der Waals surface area contributed by atoms with Gasteiger partial charge in [-0.3, -0.25) is 0 Å². The molecular weight excluding hydrogens is 276 g/mol. The van der Waals surface area contributed by atoms with Crippen LogP contribution >= 0.6 is 0 Å². The van der Waals surface area contributed by atoms with Crippen LogP contribution in [0, 0.1) is 6.92 Å². The quantitative estimate of drug-likeness (QED) is 0.740. The number of aromatic nitrogens is 4. The van der Waals surface area contributed by atoms with Crippen molar-refractivity contribution < 1.29 is 4.74 Å². The minimum absolute atomic E-state index is 0.341. The van der Waals surface area contributed by atoms with Gasteiger partial charge in [-0.2, -0.15) is 0 Å². The topological polar surface area (TPSA) is 52.8 Å². The lowest BCUT2D eigenvalue weighted by molar-refractivity contribution is 0.293. The Bertz CT molecular complexity index is 808. The van der Waals surface area contributed by atoms with Gasteiger partial charge in [0, 0.05) is 24.0 Å². The molecule has 0 bridgehead atoms. The van der Waals surface area contributed by atoms with Gasteiger partial charge in [-0.1, -0.05) is 32.0 Å². The van der Waals surface area contributed by atoms with Gasteiger partial charge in [0.05, 0.1) is 0 Å². The van der Waals surface area contributed by atoms with Crippen molar-refractivity contribution in [3.63, 3.8) is 0 Å². The second-order valence-corrected chi connectivity index (χ2v) is 5.76. The first-order chi connectivity index (χ1) is 10.6. The molecule has 0 fully saturated rings. The smallest absolute Gasteiger partial charge is 0.170 e. The molecule has 0 aliphatic heterocycles. The fourth-order valence-electron chi connectivity index (χ4n) is 2.48. The summed E-state index contributed by atoms with van der Waals surface area (Å²) in [6.45, 7) is 6.57. The molecule has 0 aliphatic carbocycles. The van der Waals surface area contributed by atoms with Gasteiger partial charge in [-0.05, 0) is 19.1 Å². The summed E-state index contributed by atoms with van der Waals surface area (Å²) in [6.07, 6.45) is 0. The molecule has 0 unspecified atom stereocenters. The number of hydrogen-bond acceptors (Lipinski definition) is 4. The van der Waals surface area contributed by atoms with E-state index in [1.54, 1.807) is 0 Å². The molecule has 0 atom stereocenters. The van der Waals surface area contributed by atoms with Crippen LogP contribution in [0.1, 0.15) is 37.1 Å². The van der Waals surface area contributed by atoms with E-state index in [9.17, 15) is 0 Å². The molecule has 1 aromatic carbocycles. The number of benzene rings is 1. The number of para-hydroxylation sites is 1. The van der Waals surface area contributed by atoms with E-state index in [0.29, 0.717) is 12.5 Å². The van der Waals surface area contributed by atoms with Crippen LogP contribution in [0.25, 0.3) is 10.9 Å². The second kappa shape index (κ2) is 5.75. The first kappa shape index (κ1) is 14.5. The summed E-state index contributed by atoms with van der Waals surface area (Å²) in [6, 6.07) is 10.0. The van der Waals surface area contributed by atoms with E-state index in [4.69, 9.17) is 4.74 Å². The Morgan fingerprint density at radius 3 is 2.68 bits per heavy atom. The van der Waals surface area contributed by atoms with E-state index in [1.165, 1.54) is 0 Å². The molecule has 0 spiro atoms. The molecule has 2 heterocycles. The maximum Gasteiger partial charge on any atom is 0.170 e. The number of aryl methyl sites for hydroxylation is 1. The molecular formula is C17H20N4O. The first-order valence-electron chi connectivity index (χ1n) is 7.43. The molecule has 0 N–H and O–H groups in total. The Morgan fingerprint density at radius 1 is 1.14 bits per heavy atom. The van der Waals surface area contributed by atoms with Gasteiger partial charge >= 0.3 is 0 Å². The molecule has 3 rings (SSSR count). The summed E-state index contributed by atoms with van der Waals surface area (Å²) in [5.74, 6) is 2.89. The zero-order chi connectivity index (χ0) is 15.7. The average Bonchev–Trinajstić information content (AvgIpc) is 2.86. The van der Waals surface area contributed by atoms with Crippen LogP contribution in [0.3, 0.4) is 0 Å². The molecule has 0 saturated heterocycles. The molecule has 22 heavy (non-hydrogen) atoms. The molecule has 114 valence electrons. The zero-order valence-corrected chi connectivity index (χ0v) is 13.4. The third kappa shape index (κ3) is 2.66. The Labute approximate surface area is 130 Å². The Morgan fingerprint density at radius 2 is 1.95 bits per heavy atom. The fraction of sp³-hybridized carbons (Fsp3) is 0.353. The largest absolute Gasteiger partial charge is 0.483 e. The number of ether oxygens (including phenoxy) is 1. The Hall–Kier alpha value is -2.43. The molecule has 0 aliphatic rings. The Balaban J connectivity index is 1.87. The van der Waals surface area contributed by atoms with Crippen LogP contribution in [-0.2, 0) is 13.7 Å². The minimum Gasteiger partial charge on any atom is -0.483 e. The van der Waals surface area contributed by atoms with E-state index in [1.807, 2.05) is 42.8 Å². The molecule has 2 aromatic heterocycles. The summed E-state index contributed by atoms with van der Waals surface area (Å²) in [7, 11) is 1.97. The highest BCUT2D eigenvalue weighted by molar-refractivity contribution is 5.84. The molecule has 5 nitrogen and oxygen atoms in total. The summed E-state index contributed by atoms with van der Waals surface area (Å²) >= 11 is 0. The average molecular weight is 296 g/mol. The molecule has 0 radical (unpaired) electrons. The van der Waals surface area contributed by atoms with Crippen molar-refractivity contribution in [2.75, 3.05) is 0 Å². The summed E-state index contributed by atoms with van der Waals surface area (Å²) in [5, 5.41) is 9.51. The van der Waals surface area contributed by atoms with E-state index in [-0.39, 0.29) is 0 Å². The van der Waals surface area contributed by atoms with E-state index in [2.05, 4.69) is 35.1 Å². The number of rotatable bonds is 4. The van der Waals surface area contributed by atoms with E-state index < -0.39 is 0 Å². The summed E-state index contributed by atoms with van der Waals surface area (Å²) in [4.78, 5) is 4.58. The van der Waals surface area contributed by atoms with Gasteiger partial charge in [0.15, 0.2) is 5.82 Å². The van der Waals surface area contributed by atoms with Crippen molar-refractivity contribution in [1.29, 1.82) is 0 Å². The third-order valence-electron chi connectivity index (χ3n) is 3.69. The van der Waals surface area contributed by atoms with Crippen LogP contribution in [0.15, 0.2) is 30.3 Å². The van der Waals surface area contributed by atoms with E-state index >= 15 is 0 Å². The van der Waals surface area contributed by atoms with Gasteiger partial charge in [0.1, 0.15) is 23.7 Å². The van der Waals surface area contributed by atoms with Crippen LogP contribution < -0.4 is 4.74 Å². The van der Waals surface area contributed by atoms with E-state index in [0.717, 1.165) is 34.0 Å². The lowest BCUT2D eigenvalue weighted by Crippen LogP contribution is -2.07. The standard InChI is InChI=1S/C17H20N4O/c1-11(2)17-20-19-15(21(17)4)10-22-14-7-5-6-13-9-8-12(3)18-16(13)14/h5-9,11H,10H2,1-4H3. The molecule has 3 aromatic rings. The van der Waals surface area contributed by atoms with Gasteiger partial charge in [-0.15, -0.1) is 10.2 Å². The maximum absolute atomic E-state index is 5.95. The lowest BCUT2D eigenvalue weighted by atomic mass is 10.2. The molecule has 0 saturated carbocycles. The van der Waals surface area contributed by atoms with Crippen LogP contribution in [0.4, 0.5) is 0 Å². The van der Waals surface area contributed by atoms with Gasteiger partial charge in [0.25, 0.3) is 0 Å². The minimum atomic E-state index is 0.341. The summed E-state index contributed by atoms with van der Waals surface area (Å²) < 4.78 is 7.94. The summed E-state index contributed by atoms with van der Waals surface area (Å²) in [5.41, 5.74) is 1.86. The third-order valence-corrected chi connectivity index (χ3v) is 3.69. The van der Waals surface area contributed by atoms with Crippen molar-refractivity contribution in [2.45, 2.75) is 33.3 Å². The molecule has 5 heteroatoms. The SMILES string of the molecule is Cc1ccc2cccc(OCc3nnc(C(C)C)n3C)c2n1. The van der Waals surface area contributed by atoms with Crippen molar-refractivity contribution >= 4 is 10.9 Å². The van der Waals surface area contributed by atoms with Crippen LogP contribution in [0.5, 0.6) is 5.75 Å². The number of fused-ring (bicyclic) bond motifs is 1. The van der Waals surface area contributed by atoms with Crippen molar-refractivity contribution in [2.24, 2.45) is 7.05 Å². The van der Waals surface area contributed by atoms with Crippen LogP contribution in [0.2, 0.25) is 0 Å². The van der Waals surface area contributed by atoms with Gasteiger partial charge in [-0.25, -0.2) is 4.98 Å². The van der Waals surface area contributed by atoms with Crippen molar-refractivity contribution in [3.8, 4) is 5.75 Å². The number of nitrogens with zero attached hydrogens (tertiary/aromatic N) is 4. The Kier molecular flexibility index (Phi) is 3.79. The van der Waals surface area contributed by atoms with Gasteiger partial charge < -0.3 is 9.30 Å². The predicted molar refractivity (Wildman–Crippen MR) is 85.9 cm³/mol. The van der Waals surface area contributed by atoms with Gasteiger partial charge in [0.2, 0.25) is 0 Å². The normalized spacial score (nSPS) is 11.3. The monoisotopic (exact) mass is 296 g/mol. The van der Waals surface area contributed by atoms with Crippen molar-refractivity contribution in [1.82, 2.24) is 19.7 Å². The highest BCUT2D eigenvalue weighted by Crippen LogP contribution is 2.24. The lowest BCUT2D eigenvalue weighted by Gasteiger charge is -2.10. The fourth-order valence-corrected chi connectivity index (χ4v) is 2.48. The first-order valence-corrected chi connectivity index (χ1v) is 7.43. The highest BCUT2D eigenvalue weighted by atomic mass is 16.5. The predicted octanol–water partition coefficient (Wildman–Crippen LogP) is 3.37. The number of hydrogen-bond donors (Lipinski definition) is 0. The van der Waals surface area contributed by atoms with Crippen LogP contribution in [-0.4, -0.2) is 19.7 Å².